The lowest BCUT2D eigenvalue weighted by Crippen LogP contribution is -2.40. The maximum Gasteiger partial charge on any atom is 0.446 e. The van der Waals surface area contributed by atoms with Crippen LogP contribution in [0.1, 0.15) is 17.7 Å². The lowest BCUT2D eigenvalue weighted by molar-refractivity contribution is 0.146. The van der Waals surface area contributed by atoms with Crippen molar-refractivity contribution in [3.05, 3.63) is 80.6 Å². The number of halogens is 2. The minimum atomic E-state index is -4.18. The van der Waals surface area contributed by atoms with Crippen LogP contribution in [-0.2, 0) is 28.0 Å². The molecule has 2 N–H and O–H groups in total. The van der Waals surface area contributed by atoms with Gasteiger partial charge in [-0.15, -0.1) is 0 Å². The van der Waals surface area contributed by atoms with Crippen LogP contribution in [0.3, 0.4) is 0 Å². The Morgan fingerprint density at radius 2 is 1.92 bits per heavy atom. The SMILES string of the molecule is O=C(NS(=O)(=O)NCCCc1nonc1-c1noc(=O)n1-c1ccc(F)c(Br)c1)OCc1ccccc1. The molecule has 2 aromatic heterocycles. The quantitative estimate of drug-likeness (QED) is 0.259. The summed E-state index contributed by atoms with van der Waals surface area (Å²) in [7, 11) is -4.18. The number of amides is 1. The molecule has 0 aliphatic heterocycles. The van der Waals surface area contributed by atoms with Crippen molar-refractivity contribution < 1.29 is 31.5 Å². The molecule has 0 atom stereocenters. The first-order valence-corrected chi connectivity index (χ1v) is 12.8. The molecular formula is C21H18BrFN6O7S. The van der Waals surface area contributed by atoms with Gasteiger partial charge in [-0.1, -0.05) is 40.6 Å². The Morgan fingerprint density at radius 3 is 2.68 bits per heavy atom. The Labute approximate surface area is 216 Å². The van der Waals surface area contributed by atoms with Gasteiger partial charge in [0, 0.05) is 6.54 Å². The van der Waals surface area contributed by atoms with Crippen LogP contribution in [0.15, 0.2) is 67.0 Å². The average molecular weight is 597 g/mol. The predicted octanol–water partition coefficient (Wildman–Crippen LogP) is 2.47. The highest BCUT2D eigenvalue weighted by Gasteiger charge is 2.23. The zero-order chi connectivity index (χ0) is 26.4. The van der Waals surface area contributed by atoms with Crippen molar-refractivity contribution in [2.45, 2.75) is 19.4 Å². The molecule has 37 heavy (non-hydrogen) atoms. The van der Waals surface area contributed by atoms with Gasteiger partial charge in [0.05, 0.1) is 10.2 Å². The first-order chi connectivity index (χ1) is 17.7. The minimum absolute atomic E-state index is 0.0387. The lowest BCUT2D eigenvalue weighted by atomic mass is 10.2. The number of aromatic nitrogens is 4. The topological polar surface area (TPSA) is 171 Å². The molecule has 0 spiro atoms. The van der Waals surface area contributed by atoms with Crippen LogP contribution in [0.5, 0.6) is 0 Å². The zero-order valence-electron chi connectivity index (χ0n) is 18.8. The molecule has 16 heteroatoms. The summed E-state index contributed by atoms with van der Waals surface area (Å²) in [6.45, 7) is -0.170. The first kappa shape index (κ1) is 26.2. The highest BCUT2D eigenvalue weighted by atomic mass is 79.9. The molecule has 0 radical (unpaired) electrons. The molecule has 4 aromatic rings. The number of hydrogen-bond donors (Lipinski definition) is 2. The fourth-order valence-electron chi connectivity index (χ4n) is 3.15. The summed E-state index contributed by atoms with van der Waals surface area (Å²) >= 11 is 3.06. The van der Waals surface area contributed by atoms with Crippen molar-refractivity contribution >= 4 is 32.2 Å². The van der Waals surface area contributed by atoms with Gasteiger partial charge in [-0.05, 0) is 57.7 Å². The normalized spacial score (nSPS) is 11.4. The number of carbonyl (C=O) groups is 1. The van der Waals surface area contributed by atoms with Crippen LogP contribution in [-0.4, -0.2) is 41.1 Å². The second-order valence-electron chi connectivity index (χ2n) is 7.43. The van der Waals surface area contributed by atoms with E-state index in [9.17, 15) is 22.4 Å². The number of rotatable bonds is 10. The summed E-state index contributed by atoms with van der Waals surface area (Å²) in [4.78, 5) is 24.0. The van der Waals surface area contributed by atoms with E-state index in [2.05, 4.69) is 36.1 Å². The molecule has 0 saturated heterocycles. The molecule has 2 heterocycles. The number of benzene rings is 2. The Hall–Kier alpha value is -3.89. The van der Waals surface area contributed by atoms with E-state index in [0.29, 0.717) is 5.56 Å². The molecule has 0 fully saturated rings. The Morgan fingerprint density at radius 1 is 1.14 bits per heavy atom. The molecule has 13 nitrogen and oxygen atoms in total. The van der Waals surface area contributed by atoms with Crippen molar-refractivity contribution in [1.29, 1.82) is 0 Å². The fourth-order valence-corrected chi connectivity index (χ4v) is 4.28. The monoisotopic (exact) mass is 596 g/mol. The summed E-state index contributed by atoms with van der Waals surface area (Å²) < 4.78 is 57.4. The summed E-state index contributed by atoms with van der Waals surface area (Å²) in [6, 6.07) is 12.6. The zero-order valence-corrected chi connectivity index (χ0v) is 21.2. The summed E-state index contributed by atoms with van der Waals surface area (Å²) in [6.07, 6.45) is -0.755. The summed E-state index contributed by atoms with van der Waals surface area (Å²) in [5.74, 6) is -1.41. The number of ether oxygens (including phenoxy) is 1. The van der Waals surface area contributed by atoms with Gasteiger partial charge in [-0.2, -0.15) is 13.1 Å². The molecule has 0 unspecified atom stereocenters. The molecule has 0 saturated carbocycles. The van der Waals surface area contributed by atoms with Crippen LogP contribution in [0.2, 0.25) is 0 Å². The smallest absolute Gasteiger partial charge is 0.444 e. The molecule has 4 rings (SSSR count). The first-order valence-electron chi connectivity index (χ1n) is 10.6. The molecule has 2 aromatic carbocycles. The van der Waals surface area contributed by atoms with Gasteiger partial charge in [0.2, 0.25) is 5.82 Å². The van der Waals surface area contributed by atoms with E-state index in [1.54, 1.807) is 35.1 Å². The third kappa shape index (κ3) is 6.66. The van der Waals surface area contributed by atoms with Crippen LogP contribution >= 0.6 is 15.9 Å². The molecule has 0 bridgehead atoms. The standard InChI is InChI=1S/C21H18BrFN6O7S/c22-15-11-14(8-9-16(15)23)29-19(27-35-21(29)31)18-17(25-36-26-18)7-4-10-24-37(32,33)28-20(30)34-12-13-5-2-1-3-6-13/h1-3,5-6,8-9,11,24H,4,7,10,12H2,(H,28,30). The minimum Gasteiger partial charge on any atom is -0.444 e. The maximum atomic E-state index is 13.6. The van der Waals surface area contributed by atoms with E-state index in [4.69, 9.17) is 13.9 Å². The van der Waals surface area contributed by atoms with Crippen molar-refractivity contribution in [3.63, 3.8) is 0 Å². The molecule has 194 valence electrons. The van der Waals surface area contributed by atoms with Gasteiger partial charge >= 0.3 is 22.1 Å². The van der Waals surface area contributed by atoms with Crippen molar-refractivity contribution in [2.24, 2.45) is 0 Å². The van der Waals surface area contributed by atoms with Crippen LogP contribution in [0.25, 0.3) is 17.2 Å². The van der Waals surface area contributed by atoms with E-state index in [1.165, 1.54) is 12.1 Å². The van der Waals surface area contributed by atoms with Crippen LogP contribution in [0, 0.1) is 5.82 Å². The maximum absolute atomic E-state index is 13.6. The lowest BCUT2D eigenvalue weighted by Gasteiger charge is -2.09. The van der Waals surface area contributed by atoms with Gasteiger partial charge < -0.3 is 4.74 Å². The molecule has 0 aliphatic rings. The van der Waals surface area contributed by atoms with E-state index in [0.717, 1.165) is 10.6 Å². The molecular weight excluding hydrogens is 579 g/mol. The highest BCUT2D eigenvalue weighted by Crippen LogP contribution is 2.24. The second kappa shape index (κ2) is 11.4. The molecule has 1 amide bonds. The van der Waals surface area contributed by atoms with Gasteiger partial charge in [0.15, 0.2) is 5.69 Å². The van der Waals surface area contributed by atoms with Crippen molar-refractivity contribution in [1.82, 2.24) is 29.5 Å². The van der Waals surface area contributed by atoms with E-state index < -0.39 is 27.9 Å². The average Bonchev–Trinajstić information content (AvgIpc) is 3.49. The number of carbonyl (C=O) groups excluding carboxylic acids is 1. The fraction of sp³-hybridized carbons (Fsp3) is 0.190. The van der Waals surface area contributed by atoms with Gasteiger partial charge in [0.1, 0.15) is 18.1 Å². The van der Waals surface area contributed by atoms with Gasteiger partial charge in [-0.25, -0.2) is 27.9 Å². The number of aryl methyl sites for hydroxylation is 1. The third-order valence-electron chi connectivity index (χ3n) is 4.85. The number of nitrogens with one attached hydrogen (secondary N) is 2. The largest absolute Gasteiger partial charge is 0.446 e. The van der Waals surface area contributed by atoms with E-state index in [1.807, 2.05) is 0 Å². The van der Waals surface area contributed by atoms with Gasteiger partial charge in [-0.3, -0.25) is 4.52 Å². The van der Waals surface area contributed by atoms with Crippen LogP contribution in [0.4, 0.5) is 9.18 Å². The van der Waals surface area contributed by atoms with E-state index in [-0.39, 0.29) is 53.4 Å². The third-order valence-corrected chi connectivity index (χ3v) is 6.47. The van der Waals surface area contributed by atoms with Gasteiger partial charge in [0.25, 0.3) is 0 Å². The highest BCUT2D eigenvalue weighted by molar-refractivity contribution is 9.10. The van der Waals surface area contributed by atoms with Crippen molar-refractivity contribution in [2.75, 3.05) is 6.54 Å². The Balaban J connectivity index is 1.34. The van der Waals surface area contributed by atoms with Crippen LogP contribution < -0.4 is 15.2 Å². The van der Waals surface area contributed by atoms with E-state index >= 15 is 0 Å². The second-order valence-corrected chi connectivity index (χ2v) is 9.78. The predicted molar refractivity (Wildman–Crippen MR) is 128 cm³/mol. The number of hydrogen-bond acceptors (Lipinski definition) is 10. The Bertz CT molecular complexity index is 1550. The number of nitrogens with zero attached hydrogens (tertiary/aromatic N) is 4. The Kier molecular flexibility index (Phi) is 8.10. The summed E-state index contributed by atoms with van der Waals surface area (Å²) in [5, 5.41) is 11.3. The summed E-state index contributed by atoms with van der Waals surface area (Å²) in [5.41, 5.74) is 1.29. The van der Waals surface area contributed by atoms with Crippen molar-refractivity contribution in [3.8, 4) is 17.2 Å². The molecule has 0 aliphatic carbocycles.